The number of alkyl halides is 3. The Balaban J connectivity index is 1.61. The molecule has 3 rings (SSSR count). The van der Waals surface area contributed by atoms with Crippen molar-refractivity contribution in [1.29, 1.82) is 0 Å². The predicted octanol–water partition coefficient (Wildman–Crippen LogP) is 3.79. The zero-order valence-electron chi connectivity index (χ0n) is 19.9. The second kappa shape index (κ2) is 12.2. The number of benzene rings is 2. The molecular weight excluding hydrogens is 521 g/mol. The molecule has 1 atom stereocenters. The normalized spacial score (nSPS) is 14.5. The van der Waals surface area contributed by atoms with Gasteiger partial charge in [0.1, 0.15) is 0 Å². The van der Waals surface area contributed by atoms with Crippen LogP contribution < -0.4 is 14.8 Å². The molecule has 9 nitrogen and oxygen atoms in total. The van der Waals surface area contributed by atoms with Gasteiger partial charge in [0.2, 0.25) is 0 Å². The summed E-state index contributed by atoms with van der Waals surface area (Å²) in [6.07, 6.45) is -6.00. The molecule has 2 amide bonds. The van der Waals surface area contributed by atoms with Crippen LogP contribution in [0.1, 0.15) is 22.8 Å². The molecule has 0 bridgehead atoms. The van der Waals surface area contributed by atoms with Crippen LogP contribution >= 0.6 is 11.6 Å². The first-order chi connectivity index (χ1) is 17.5. The maximum absolute atomic E-state index is 13.0. The molecule has 1 aliphatic heterocycles. The van der Waals surface area contributed by atoms with Gasteiger partial charge in [-0.15, -0.1) is 0 Å². The van der Waals surface area contributed by atoms with Gasteiger partial charge < -0.3 is 29.2 Å². The van der Waals surface area contributed by atoms with E-state index >= 15 is 0 Å². The van der Waals surface area contributed by atoms with Gasteiger partial charge in [0, 0.05) is 13.1 Å². The van der Waals surface area contributed by atoms with Crippen molar-refractivity contribution in [2.24, 2.45) is 0 Å². The highest BCUT2D eigenvalue weighted by Crippen LogP contribution is 2.34. The summed E-state index contributed by atoms with van der Waals surface area (Å²) in [4.78, 5) is 38.9. The van der Waals surface area contributed by atoms with Gasteiger partial charge in [-0.05, 0) is 43.3 Å². The van der Waals surface area contributed by atoms with E-state index in [1.54, 1.807) is 4.90 Å². The standard InChI is InChI=1S/C24H24ClF3N2O7/c1-14(22(32)29-18-12-16(24(26,27)28)4-5-17(18)25)37-23(33)15-3-6-19(20(11-15)34-2)36-13-21(31)30-7-9-35-10-8-30/h3-6,11-12,14H,7-10,13H2,1-2H3,(H,29,32). The number of rotatable bonds is 8. The van der Waals surface area contributed by atoms with E-state index in [-0.39, 0.29) is 40.3 Å². The maximum atomic E-state index is 13.0. The Bertz CT molecular complexity index is 1150. The molecule has 0 spiro atoms. The summed E-state index contributed by atoms with van der Waals surface area (Å²) in [7, 11) is 1.34. The third-order valence-electron chi connectivity index (χ3n) is 5.32. The van der Waals surface area contributed by atoms with Gasteiger partial charge in [-0.3, -0.25) is 9.59 Å². The molecule has 2 aromatic carbocycles. The van der Waals surface area contributed by atoms with Crippen molar-refractivity contribution in [2.45, 2.75) is 19.2 Å². The fourth-order valence-electron chi connectivity index (χ4n) is 3.27. The Kier molecular flexibility index (Phi) is 9.22. The van der Waals surface area contributed by atoms with Gasteiger partial charge in [-0.2, -0.15) is 13.2 Å². The summed E-state index contributed by atoms with van der Waals surface area (Å²) >= 11 is 5.89. The number of nitrogens with zero attached hydrogens (tertiary/aromatic N) is 1. The van der Waals surface area contributed by atoms with Gasteiger partial charge in [-0.1, -0.05) is 11.6 Å². The number of carbonyl (C=O) groups is 3. The van der Waals surface area contributed by atoms with Crippen LogP contribution in [0.3, 0.4) is 0 Å². The van der Waals surface area contributed by atoms with E-state index in [9.17, 15) is 27.6 Å². The molecule has 1 aliphatic rings. The van der Waals surface area contributed by atoms with Gasteiger partial charge >= 0.3 is 12.1 Å². The van der Waals surface area contributed by atoms with E-state index in [0.717, 1.165) is 12.1 Å². The predicted molar refractivity (Wildman–Crippen MR) is 126 cm³/mol. The number of hydrogen-bond donors (Lipinski definition) is 1. The molecule has 1 saturated heterocycles. The fourth-order valence-corrected chi connectivity index (χ4v) is 3.44. The smallest absolute Gasteiger partial charge is 0.416 e. The third kappa shape index (κ3) is 7.49. The number of esters is 1. The molecule has 0 aliphatic carbocycles. The Morgan fingerprint density at radius 1 is 1.11 bits per heavy atom. The summed E-state index contributed by atoms with van der Waals surface area (Å²) in [5, 5.41) is 2.11. The van der Waals surface area contributed by atoms with Crippen LogP contribution in [0.2, 0.25) is 5.02 Å². The van der Waals surface area contributed by atoms with E-state index in [4.69, 9.17) is 30.5 Å². The Morgan fingerprint density at radius 2 is 1.81 bits per heavy atom. The van der Waals surface area contributed by atoms with Crippen LogP contribution in [0, 0.1) is 0 Å². The van der Waals surface area contributed by atoms with Crippen molar-refractivity contribution in [2.75, 3.05) is 45.3 Å². The Labute approximate surface area is 215 Å². The van der Waals surface area contributed by atoms with Crippen LogP contribution in [0.4, 0.5) is 18.9 Å². The molecule has 37 heavy (non-hydrogen) atoms. The minimum atomic E-state index is -4.63. The van der Waals surface area contributed by atoms with Crippen molar-refractivity contribution in [3.8, 4) is 11.5 Å². The average molecular weight is 545 g/mol. The number of nitrogens with one attached hydrogen (secondary N) is 1. The lowest BCUT2D eigenvalue weighted by molar-refractivity contribution is -0.138. The SMILES string of the molecule is COc1cc(C(=O)OC(C)C(=O)Nc2cc(C(F)(F)F)ccc2Cl)ccc1OCC(=O)N1CCOCC1. The number of ether oxygens (including phenoxy) is 4. The van der Waals surface area contributed by atoms with Crippen molar-refractivity contribution >= 4 is 35.1 Å². The number of hydrogen-bond acceptors (Lipinski definition) is 7. The summed E-state index contributed by atoms with van der Waals surface area (Å²) in [6.45, 7) is 2.85. The first-order valence-electron chi connectivity index (χ1n) is 11.0. The summed E-state index contributed by atoms with van der Waals surface area (Å²) in [5.74, 6) is -1.65. The lowest BCUT2D eigenvalue weighted by Gasteiger charge is -2.26. The summed E-state index contributed by atoms with van der Waals surface area (Å²) in [5.41, 5.74) is -1.27. The summed E-state index contributed by atoms with van der Waals surface area (Å²) < 4.78 is 60.0. The molecule has 1 heterocycles. The van der Waals surface area contributed by atoms with Crippen LogP contribution in [0.25, 0.3) is 0 Å². The lowest BCUT2D eigenvalue weighted by atomic mass is 10.2. The van der Waals surface area contributed by atoms with Gasteiger partial charge in [-0.25, -0.2) is 4.79 Å². The van der Waals surface area contributed by atoms with Gasteiger partial charge in [0.25, 0.3) is 11.8 Å². The lowest BCUT2D eigenvalue weighted by Crippen LogP contribution is -2.43. The highest BCUT2D eigenvalue weighted by molar-refractivity contribution is 6.33. The molecule has 13 heteroatoms. The fraction of sp³-hybridized carbons (Fsp3) is 0.375. The van der Waals surface area contributed by atoms with Crippen LogP contribution in [0.5, 0.6) is 11.5 Å². The van der Waals surface area contributed by atoms with Crippen LogP contribution in [-0.4, -0.2) is 68.8 Å². The molecule has 0 aromatic heterocycles. The molecule has 0 saturated carbocycles. The molecule has 1 fully saturated rings. The second-order valence-corrected chi connectivity index (χ2v) is 8.28. The van der Waals surface area contributed by atoms with Crippen molar-refractivity contribution in [3.05, 3.63) is 52.5 Å². The van der Waals surface area contributed by atoms with E-state index in [2.05, 4.69) is 5.32 Å². The largest absolute Gasteiger partial charge is 0.493 e. The first kappa shape index (κ1) is 28.1. The van der Waals surface area contributed by atoms with E-state index in [1.165, 1.54) is 32.2 Å². The van der Waals surface area contributed by atoms with Crippen molar-refractivity contribution in [1.82, 2.24) is 4.90 Å². The summed E-state index contributed by atoms with van der Waals surface area (Å²) in [6, 6.07) is 6.54. The second-order valence-electron chi connectivity index (χ2n) is 7.88. The van der Waals surface area contributed by atoms with Crippen LogP contribution in [0.15, 0.2) is 36.4 Å². The third-order valence-corrected chi connectivity index (χ3v) is 5.65. The molecule has 1 N–H and O–H groups in total. The minimum absolute atomic E-state index is 0.0143. The number of morpholine rings is 1. The Morgan fingerprint density at radius 3 is 2.46 bits per heavy atom. The van der Waals surface area contributed by atoms with Gasteiger partial charge in [0.05, 0.1) is 42.2 Å². The molecule has 1 unspecified atom stereocenters. The molecule has 2 aromatic rings. The quantitative estimate of drug-likeness (QED) is 0.504. The maximum Gasteiger partial charge on any atom is 0.416 e. The number of amides is 2. The zero-order chi connectivity index (χ0) is 27.2. The van der Waals surface area contributed by atoms with Gasteiger partial charge in [0.15, 0.2) is 24.2 Å². The minimum Gasteiger partial charge on any atom is -0.493 e. The number of halogens is 4. The molecule has 0 radical (unpaired) electrons. The topological polar surface area (TPSA) is 103 Å². The molecule has 200 valence electrons. The Hall–Kier alpha value is -3.51. The average Bonchev–Trinajstić information content (AvgIpc) is 2.88. The van der Waals surface area contributed by atoms with E-state index in [0.29, 0.717) is 32.4 Å². The molecular formula is C24H24ClF3N2O7. The zero-order valence-corrected chi connectivity index (χ0v) is 20.6. The highest BCUT2D eigenvalue weighted by atomic mass is 35.5. The van der Waals surface area contributed by atoms with E-state index < -0.39 is 29.7 Å². The number of anilines is 1. The van der Waals surface area contributed by atoms with Crippen molar-refractivity contribution < 1.29 is 46.5 Å². The number of carbonyl (C=O) groups excluding carboxylic acids is 3. The first-order valence-corrected chi connectivity index (χ1v) is 11.4. The van der Waals surface area contributed by atoms with Crippen molar-refractivity contribution in [3.63, 3.8) is 0 Å². The van der Waals surface area contributed by atoms with Crippen LogP contribution in [-0.2, 0) is 25.2 Å². The number of methoxy groups -OCH3 is 1. The monoisotopic (exact) mass is 544 g/mol. The highest BCUT2D eigenvalue weighted by Gasteiger charge is 2.31. The van der Waals surface area contributed by atoms with E-state index in [1.807, 2.05) is 0 Å².